The maximum atomic E-state index is 11.0. The Morgan fingerprint density at radius 1 is 1.40 bits per heavy atom. The highest BCUT2D eigenvalue weighted by molar-refractivity contribution is 5.79. The van der Waals surface area contributed by atoms with Gasteiger partial charge in [-0.15, -0.1) is 0 Å². The number of phenols is 1. The molecule has 1 atom stereocenters. The van der Waals surface area contributed by atoms with Crippen LogP contribution in [0.25, 0.3) is 0 Å². The van der Waals surface area contributed by atoms with Crippen LogP contribution in [0.5, 0.6) is 5.75 Å². The minimum absolute atomic E-state index is 0.216. The average Bonchev–Trinajstić information content (AvgIpc) is 2.18. The van der Waals surface area contributed by atoms with E-state index in [1.165, 1.54) is 0 Å². The number of aliphatic carboxylic acids is 1. The lowest BCUT2D eigenvalue weighted by molar-refractivity contribution is -0.143. The van der Waals surface area contributed by atoms with Gasteiger partial charge < -0.3 is 15.9 Å². The molecule has 0 aliphatic heterocycles. The van der Waals surface area contributed by atoms with Gasteiger partial charge in [-0.05, 0) is 36.1 Å². The molecule has 1 aromatic rings. The maximum absolute atomic E-state index is 11.0. The molecule has 2 rings (SSSR count). The van der Waals surface area contributed by atoms with Crippen LogP contribution >= 0.6 is 0 Å². The first-order valence-corrected chi connectivity index (χ1v) is 4.84. The van der Waals surface area contributed by atoms with Crippen molar-refractivity contribution in [1.29, 1.82) is 0 Å². The fourth-order valence-electron chi connectivity index (χ4n) is 1.99. The second-order valence-electron chi connectivity index (χ2n) is 4.09. The Morgan fingerprint density at radius 3 is 2.80 bits per heavy atom. The molecule has 0 spiro atoms. The van der Waals surface area contributed by atoms with Gasteiger partial charge >= 0.3 is 5.97 Å². The minimum atomic E-state index is -1.15. The Bertz CT molecular complexity index is 416. The number of carboxylic acid groups (broad SMARTS) is 1. The third-order valence-corrected chi connectivity index (χ3v) is 2.96. The molecule has 4 nitrogen and oxygen atoms in total. The lowest BCUT2D eigenvalue weighted by Gasteiger charge is -2.30. The molecule has 0 bridgehead atoms. The van der Waals surface area contributed by atoms with Gasteiger partial charge in [0.15, 0.2) is 0 Å². The molecule has 0 saturated heterocycles. The van der Waals surface area contributed by atoms with Crippen molar-refractivity contribution in [3.63, 3.8) is 0 Å². The van der Waals surface area contributed by atoms with E-state index in [4.69, 9.17) is 10.8 Å². The number of benzene rings is 1. The van der Waals surface area contributed by atoms with Crippen LogP contribution in [0.2, 0.25) is 0 Å². The lowest BCUT2D eigenvalue weighted by Crippen LogP contribution is -2.52. The summed E-state index contributed by atoms with van der Waals surface area (Å²) in [6.07, 6.45) is 1.35. The average molecular weight is 207 g/mol. The summed E-state index contributed by atoms with van der Waals surface area (Å²) >= 11 is 0. The molecule has 1 aliphatic rings. The Labute approximate surface area is 87.3 Å². The molecular formula is C11H13NO3. The highest BCUT2D eigenvalue weighted by Crippen LogP contribution is 2.29. The first kappa shape index (κ1) is 9.98. The van der Waals surface area contributed by atoms with Gasteiger partial charge in [0.1, 0.15) is 11.3 Å². The highest BCUT2D eigenvalue weighted by Gasteiger charge is 2.37. The molecule has 0 amide bonds. The van der Waals surface area contributed by atoms with Crippen molar-refractivity contribution in [2.75, 3.05) is 0 Å². The summed E-state index contributed by atoms with van der Waals surface area (Å²) in [6, 6.07) is 4.98. The summed E-state index contributed by atoms with van der Waals surface area (Å²) in [5.41, 5.74) is 6.56. The van der Waals surface area contributed by atoms with Crippen LogP contribution in [0.1, 0.15) is 17.5 Å². The van der Waals surface area contributed by atoms with E-state index in [1.807, 2.05) is 0 Å². The SMILES string of the molecule is N[C@]1(C(=O)O)CCc2cc(O)ccc2C1. The third-order valence-electron chi connectivity index (χ3n) is 2.96. The molecular weight excluding hydrogens is 194 g/mol. The highest BCUT2D eigenvalue weighted by atomic mass is 16.4. The van der Waals surface area contributed by atoms with Gasteiger partial charge in [0, 0.05) is 6.42 Å². The Morgan fingerprint density at radius 2 is 2.13 bits per heavy atom. The van der Waals surface area contributed by atoms with E-state index < -0.39 is 11.5 Å². The van der Waals surface area contributed by atoms with Crippen molar-refractivity contribution in [3.8, 4) is 5.75 Å². The standard InChI is InChI=1S/C11H13NO3/c12-11(10(14)15)4-3-7-5-9(13)2-1-8(7)6-11/h1-2,5,13H,3-4,6,12H2,(H,14,15)/t11-/m1/s1. The molecule has 80 valence electrons. The van der Waals surface area contributed by atoms with Crippen molar-refractivity contribution < 1.29 is 15.0 Å². The van der Waals surface area contributed by atoms with Crippen molar-refractivity contribution in [2.45, 2.75) is 24.8 Å². The number of fused-ring (bicyclic) bond motifs is 1. The van der Waals surface area contributed by atoms with E-state index in [-0.39, 0.29) is 5.75 Å². The van der Waals surface area contributed by atoms with E-state index in [1.54, 1.807) is 18.2 Å². The molecule has 1 aliphatic carbocycles. The number of carbonyl (C=O) groups is 1. The van der Waals surface area contributed by atoms with Crippen LogP contribution in [0.4, 0.5) is 0 Å². The largest absolute Gasteiger partial charge is 0.508 e. The zero-order valence-electron chi connectivity index (χ0n) is 8.23. The monoisotopic (exact) mass is 207 g/mol. The molecule has 0 fully saturated rings. The Kier molecular flexibility index (Phi) is 2.16. The topological polar surface area (TPSA) is 83.6 Å². The molecule has 0 heterocycles. The maximum Gasteiger partial charge on any atom is 0.324 e. The summed E-state index contributed by atoms with van der Waals surface area (Å²) < 4.78 is 0. The molecule has 4 heteroatoms. The van der Waals surface area contributed by atoms with Crippen molar-refractivity contribution >= 4 is 5.97 Å². The molecule has 0 radical (unpaired) electrons. The zero-order valence-corrected chi connectivity index (χ0v) is 8.23. The fraction of sp³-hybridized carbons (Fsp3) is 0.364. The van der Waals surface area contributed by atoms with E-state index in [0.29, 0.717) is 19.3 Å². The summed E-state index contributed by atoms with van der Waals surface area (Å²) in [7, 11) is 0. The Hall–Kier alpha value is -1.55. The predicted octanol–water partition coefficient (Wildman–Crippen LogP) is 0.663. The number of aromatic hydroxyl groups is 1. The molecule has 1 aromatic carbocycles. The molecule has 15 heavy (non-hydrogen) atoms. The second kappa shape index (κ2) is 3.24. The molecule has 0 aromatic heterocycles. The predicted molar refractivity (Wildman–Crippen MR) is 54.7 cm³/mol. The number of carboxylic acids is 1. The Balaban J connectivity index is 2.35. The summed E-state index contributed by atoms with van der Waals surface area (Å²) in [5.74, 6) is -0.741. The number of hydrogen-bond acceptors (Lipinski definition) is 3. The zero-order chi connectivity index (χ0) is 11.1. The normalized spacial score (nSPS) is 24.6. The van der Waals surface area contributed by atoms with Crippen molar-refractivity contribution in [3.05, 3.63) is 29.3 Å². The summed E-state index contributed by atoms with van der Waals surface area (Å²) in [6.45, 7) is 0. The van der Waals surface area contributed by atoms with Gasteiger partial charge in [0.05, 0.1) is 0 Å². The van der Waals surface area contributed by atoms with Gasteiger partial charge in [-0.25, -0.2) is 0 Å². The number of phenolic OH excluding ortho intramolecular Hbond substituents is 1. The van der Waals surface area contributed by atoms with Crippen molar-refractivity contribution in [2.24, 2.45) is 5.73 Å². The second-order valence-corrected chi connectivity index (χ2v) is 4.09. The van der Waals surface area contributed by atoms with Crippen LogP contribution < -0.4 is 5.73 Å². The van der Waals surface area contributed by atoms with Gasteiger partial charge in [0.25, 0.3) is 0 Å². The number of hydrogen-bond donors (Lipinski definition) is 3. The summed E-state index contributed by atoms with van der Waals surface area (Å²) in [4.78, 5) is 11.0. The smallest absolute Gasteiger partial charge is 0.324 e. The van der Waals surface area contributed by atoms with Crippen LogP contribution in [0, 0.1) is 0 Å². The quantitative estimate of drug-likeness (QED) is 0.631. The third kappa shape index (κ3) is 1.68. The fourth-order valence-corrected chi connectivity index (χ4v) is 1.99. The molecule has 4 N–H and O–H groups in total. The first-order valence-electron chi connectivity index (χ1n) is 4.84. The van der Waals surface area contributed by atoms with E-state index in [9.17, 15) is 9.90 Å². The van der Waals surface area contributed by atoms with Gasteiger partial charge in [-0.1, -0.05) is 6.07 Å². The molecule has 0 saturated carbocycles. The first-order chi connectivity index (χ1) is 7.01. The van der Waals surface area contributed by atoms with Crippen LogP contribution in [0.15, 0.2) is 18.2 Å². The number of nitrogens with two attached hydrogens (primary N) is 1. The van der Waals surface area contributed by atoms with Crippen LogP contribution in [0.3, 0.4) is 0 Å². The van der Waals surface area contributed by atoms with Gasteiger partial charge in [-0.2, -0.15) is 0 Å². The van der Waals surface area contributed by atoms with E-state index in [0.717, 1.165) is 11.1 Å². The van der Waals surface area contributed by atoms with Crippen LogP contribution in [-0.4, -0.2) is 21.7 Å². The van der Waals surface area contributed by atoms with Gasteiger partial charge in [0.2, 0.25) is 0 Å². The van der Waals surface area contributed by atoms with E-state index >= 15 is 0 Å². The van der Waals surface area contributed by atoms with Crippen LogP contribution in [-0.2, 0) is 17.6 Å². The van der Waals surface area contributed by atoms with Gasteiger partial charge in [-0.3, -0.25) is 4.79 Å². The lowest BCUT2D eigenvalue weighted by atomic mass is 9.78. The van der Waals surface area contributed by atoms with Crippen molar-refractivity contribution in [1.82, 2.24) is 0 Å². The minimum Gasteiger partial charge on any atom is -0.508 e. The molecule has 0 unspecified atom stereocenters. The number of rotatable bonds is 1. The summed E-state index contributed by atoms with van der Waals surface area (Å²) in [5, 5.41) is 18.3. The van der Waals surface area contributed by atoms with E-state index in [2.05, 4.69) is 0 Å². The number of aryl methyl sites for hydroxylation is 1.